The lowest BCUT2D eigenvalue weighted by molar-refractivity contribution is -0.112. The molecule has 0 atom stereocenters. The smallest absolute Gasteiger partial charge is 0.266 e. The van der Waals surface area contributed by atoms with Crippen LogP contribution in [0.15, 0.2) is 65.5 Å². The first-order valence-corrected chi connectivity index (χ1v) is 11.3. The summed E-state index contributed by atoms with van der Waals surface area (Å²) in [6, 6.07) is 19.3. The van der Waals surface area contributed by atoms with Crippen LogP contribution in [0.3, 0.4) is 0 Å². The lowest BCUT2D eigenvalue weighted by Gasteiger charge is -2.13. The standard InChI is InChI=1S/C26H20IN3O2/c1-15-4-8-18(9-5-15)30-24(28-22-10-7-17(27)13-21(22)26(30)32)14-20-19-12-16(2)6-11-23(19)29(3)25(20)31/h4-14H,1-3H3. The van der Waals surface area contributed by atoms with Gasteiger partial charge in [-0.3, -0.25) is 14.2 Å². The van der Waals surface area contributed by atoms with E-state index in [1.807, 2.05) is 74.5 Å². The second kappa shape index (κ2) is 7.70. The SMILES string of the molecule is Cc1ccc(-n2c(C=C3C(=O)N(C)c4ccc(C)cc43)nc3ccc(I)cc3c2=O)cc1. The summed E-state index contributed by atoms with van der Waals surface area (Å²) in [4.78, 5) is 33.2. The van der Waals surface area contributed by atoms with E-state index in [1.165, 1.54) is 0 Å². The maximum Gasteiger partial charge on any atom is 0.266 e. The highest BCUT2D eigenvalue weighted by atomic mass is 127. The summed E-state index contributed by atoms with van der Waals surface area (Å²) in [6.45, 7) is 4.00. The van der Waals surface area contributed by atoms with E-state index in [1.54, 1.807) is 22.6 Å². The van der Waals surface area contributed by atoms with Crippen LogP contribution in [0.5, 0.6) is 0 Å². The molecule has 0 radical (unpaired) electrons. The van der Waals surface area contributed by atoms with Crippen molar-refractivity contribution in [3.63, 3.8) is 0 Å². The first kappa shape index (κ1) is 20.6. The molecule has 158 valence electrons. The number of aromatic nitrogens is 2. The summed E-state index contributed by atoms with van der Waals surface area (Å²) in [5, 5.41) is 0.547. The number of hydrogen-bond acceptors (Lipinski definition) is 3. The predicted octanol–water partition coefficient (Wildman–Crippen LogP) is 5.12. The molecule has 1 aromatic heterocycles. The van der Waals surface area contributed by atoms with Gasteiger partial charge in [0.1, 0.15) is 5.82 Å². The average molecular weight is 533 g/mol. The molecule has 1 aliphatic heterocycles. The molecule has 3 aromatic carbocycles. The number of anilines is 1. The number of nitrogens with zero attached hydrogens (tertiary/aromatic N) is 3. The summed E-state index contributed by atoms with van der Waals surface area (Å²) < 4.78 is 2.55. The van der Waals surface area contributed by atoms with Gasteiger partial charge in [0.25, 0.3) is 11.5 Å². The summed E-state index contributed by atoms with van der Waals surface area (Å²) >= 11 is 2.19. The van der Waals surface area contributed by atoms with Crippen molar-refractivity contribution in [2.45, 2.75) is 13.8 Å². The molecule has 0 fully saturated rings. The largest absolute Gasteiger partial charge is 0.311 e. The first-order chi connectivity index (χ1) is 15.3. The number of hydrogen-bond donors (Lipinski definition) is 0. The zero-order valence-electron chi connectivity index (χ0n) is 17.9. The number of carbonyl (C=O) groups excluding carboxylic acids is 1. The maximum atomic E-state index is 13.6. The highest BCUT2D eigenvalue weighted by Crippen LogP contribution is 2.37. The molecule has 2 heterocycles. The van der Waals surface area contributed by atoms with Crippen LogP contribution in [0.2, 0.25) is 0 Å². The Balaban J connectivity index is 1.83. The Morgan fingerprint density at radius 1 is 0.906 bits per heavy atom. The van der Waals surface area contributed by atoms with Gasteiger partial charge < -0.3 is 4.90 Å². The fourth-order valence-electron chi connectivity index (χ4n) is 4.05. The van der Waals surface area contributed by atoms with Crippen molar-refractivity contribution < 1.29 is 4.79 Å². The Bertz CT molecular complexity index is 1500. The number of benzene rings is 3. The summed E-state index contributed by atoms with van der Waals surface area (Å²) in [6.07, 6.45) is 1.74. The third-order valence-electron chi connectivity index (χ3n) is 5.76. The van der Waals surface area contributed by atoms with E-state index in [0.717, 1.165) is 25.9 Å². The van der Waals surface area contributed by atoms with Crippen LogP contribution in [-0.2, 0) is 4.79 Å². The van der Waals surface area contributed by atoms with E-state index in [4.69, 9.17) is 4.98 Å². The Morgan fingerprint density at radius 2 is 1.62 bits per heavy atom. The molecule has 6 heteroatoms. The van der Waals surface area contributed by atoms with Gasteiger partial charge in [-0.25, -0.2) is 4.98 Å². The Morgan fingerprint density at radius 3 is 2.38 bits per heavy atom. The molecule has 0 N–H and O–H groups in total. The third-order valence-corrected chi connectivity index (χ3v) is 6.43. The number of likely N-dealkylation sites (N-methyl/N-ethyl adjacent to an activating group) is 1. The number of carbonyl (C=O) groups is 1. The second-order valence-electron chi connectivity index (χ2n) is 8.05. The minimum Gasteiger partial charge on any atom is -0.311 e. The van der Waals surface area contributed by atoms with Gasteiger partial charge in [0.2, 0.25) is 0 Å². The normalized spacial score (nSPS) is 14.4. The molecule has 1 aliphatic rings. The fraction of sp³-hybridized carbons (Fsp3) is 0.115. The number of aryl methyl sites for hydroxylation is 2. The topological polar surface area (TPSA) is 55.2 Å². The predicted molar refractivity (Wildman–Crippen MR) is 137 cm³/mol. The fourth-order valence-corrected chi connectivity index (χ4v) is 4.54. The molecule has 0 unspecified atom stereocenters. The first-order valence-electron chi connectivity index (χ1n) is 10.2. The third kappa shape index (κ3) is 3.35. The van der Waals surface area contributed by atoms with Crippen molar-refractivity contribution in [2.75, 3.05) is 11.9 Å². The van der Waals surface area contributed by atoms with Gasteiger partial charge in [-0.2, -0.15) is 0 Å². The van der Waals surface area contributed by atoms with E-state index in [9.17, 15) is 9.59 Å². The zero-order chi connectivity index (χ0) is 22.6. The van der Waals surface area contributed by atoms with Crippen LogP contribution in [-0.4, -0.2) is 22.5 Å². The minimum absolute atomic E-state index is 0.113. The van der Waals surface area contributed by atoms with Crippen molar-refractivity contribution in [1.82, 2.24) is 9.55 Å². The van der Waals surface area contributed by atoms with Crippen LogP contribution >= 0.6 is 22.6 Å². The summed E-state index contributed by atoms with van der Waals surface area (Å²) in [7, 11) is 1.76. The number of rotatable bonds is 2. The Hall–Kier alpha value is -3.26. The minimum atomic E-state index is -0.160. The van der Waals surface area contributed by atoms with Gasteiger partial charge in [0.15, 0.2) is 0 Å². The van der Waals surface area contributed by atoms with E-state index < -0.39 is 0 Å². The van der Waals surface area contributed by atoms with Crippen LogP contribution < -0.4 is 10.5 Å². The molecule has 32 heavy (non-hydrogen) atoms. The van der Waals surface area contributed by atoms with Crippen LogP contribution in [0, 0.1) is 17.4 Å². The van der Waals surface area contributed by atoms with Gasteiger partial charge in [0, 0.05) is 16.2 Å². The summed E-state index contributed by atoms with van der Waals surface area (Å²) in [5.41, 5.74) is 5.56. The van der Waals surface area contributed by atoms with E-state index >= 15 is 0 Å². The molecule has 4 aromatic rings. The van der Waals surface area contributed by atoms with Gasteiger partial charge in [-0.1, -0.05) is 29.3 Å². The van der Waals surface area contributed by atoms with Crippen molar-refractivity contribution in [3.8, 4) is 5.69 Å². The second-order valence-corrected chi connectivity index (χ2v) is 9.30. The molecule has 0 spiro atoms. The summed E-state index contributed by atoms with van der Waals surface area (Å²) in [5.74, 6) is 0.316. The van der Waals surface area contributed by atoms with E-state index in [-0.39, 0.29) is 11.5 Å². The van der Waals surface area contributed by atoms with Crippen molar-refractivity contribution in [2.24, 2.45) is 0 Å². The number of amides is 1. The quantitative estimate of drug-likeness (QED) is 0.266. The van der Waals surface area contributed by atoms with Crippen molar-refractivity contribution in [1.29, 1.82) is 0 Å². The molecule has 5 rings (SSSR count). The van der Waals surface area contributed by atoms with E-state index in [0.29, 0.717) is 28.0 Å². The molecular formula is C26H20IN3O2. The van der Waals surface area contributed by atoms with Crippen LogP contribution in [0.4, 0.5) is 5.69 Å². The van der Waals surface area contributed by atoms with Crippen molar-refractivity contribution >= 4 is 56.7 Å². The highest BCUT2D eigenvalue weighted by Gasteiger charge is 2.30. The van der Waals surface area contributed by atoms with Gasteiger partial charge in [-0.15, -0.1) is 0 Å². The molecule has 0 aliphatic carbocycles. The van der Waals surface area contributed by atoms with Gasteiger partial charge in [-0.05, 0) is 85.0 Å². The van der Waals surface area contributed by atoms with Crippen molar-refractivity contribution in [3.05, 3.63) is 97.1 Å². The van der Waals surface area contributed by atoms with Gasteiger partial charge >= 0.3 is 0 Å². The molecule has 5 nitrogen and oxygen atoms in total. The monoisotopic (exact) mass is 533 g/mol. The average Bonchev–Trinajstić information content (AvgIpc) is 3.00. The lowest BCUT2D eigenvalue weighted by Crippen LogP contribution is -2.23. The molecule has 0 saturated heterocycles. The molecular weight excluding hydrogens is 513 g/mol. The maximum absolute atomic E-state index is 13.6. The highest BCUT2D eigenvalue weighted by molar-refractivity contribution is 14.1. The van der Waals surface area contributed by atoms with Gasteiger partial charge in [0.05, 0.1) is 27.9 Å². The lowest BCUT2D eigenvalue weighted by atomic mass is 10.0. The molecule has 0 bridgehead atoms. The Labute approximate surface area is 199 Å². The van der Waals surface area contributed by atoms with Crippen LogP contribution in [0.25, 0.3) is 28.2 Å². The number of fused-ring (bicyclic) bond motifs is 2. The van der Waals surface area contributed by atoms with Crippen LogP contribution in [0.1, 0.15) is 22.5 Å². The number of halogens is 1. The van der Waals surface area contributed by atoms with E-state index in [2.05, 4.69) is 22.6 Å². The Kier molecular flexibility index (Phi) is 4.97. The molecule has 1 amide bonds. The zero-order valence-corrected chi connectivity index (χ0v) is 20.0. The molecule has 0 saturated carbocycles.